The zero-order chi connectivity index (χ0) is 25.7. The molecule has 3 fully saturated rings. The van der Waals surface area contributed by atoms with E-state index in [1.54, 1.807) is 5.57 Å². The molecule has 1 N–H and O–H groups in total. The molecule has 201 valence electrons. The molecule has 5 rings (SSSR count). The molecule has 10 atom stereocenters. The van der Waals surface area contributed by atoms with Gasteiger partial charge in [0, 0.05) is 18.4 Å². The van der Waals surface area contributed by atoms with E-state index in [0.717, 1.165) is 54.8 Å². The molecule has 3 nitrogen and oxygen atoms in total. The zero-order valence-corrected chi connectivity index (χ0v) is 23.8. The fraction of sp³-hybridized carbons (Fsp3) is 0.818. The molecule has 1 radical (unpaired) electrons. The molecular formula is C33H53N2O. The summed E-state index contributed by atoms with van der Waals surface area (Å²) < 4.78 is 2.29. The van der Waals surface area contributed by atoms with Gasteiger partial charge < -0.3 is 9.67 Å². The molecule has 1 aromatic rings. The Morgan fingerprint density at radius 2 is 1.92 bits per heavy atom. The number of aliphatic hydroxyl groups excluding tert-OH is 1. The largest absolute Gasteiger partial charge is 0.393 e. The van der Waals surface area contributed by atoms with E-state index in [0.29, 0.717) is 17.4 Å². The van der Waals surface area contributed by atoms with Crippen LogP contribution in [0.2, 0.25) is 0 Å². The number of aromatic nitrogens is 2. The van der Waals surface area contributed by atoms with Gasteiger partial charge in [-0.1, -0.05) is 72.5 Å². The van der Waals surface area contributed by atoms with Crippen LogP contribution in [0.4, 0.5) is 0 Å². The molecule has 0 aliphatic heterocycles. The summed E-state index contributed by atoms with van der Waals surface area (Å²) >= 11 is 0. The molecule has 1 heterocycles. The second kappa shape index (κ2) is 10.2. The SMILES string of the molecule is [CH2]CC(C1C[C@H](O)CC2=CC[C@H]3[C@@H]4CC[C@H]([C@H](C)CCCC(C)C)[C@@]4(C)CC[C@@H]3[C@]21C)n1ccnc1. The quantitative estimate of drug-likeness (QED) is 0.370. The van der Waals surface area contributed by atoms with E-state index in [2.05, 4.69) is 63.4 Å². The van der Waals surface area contributed by atoms with Crippen molar-refractivity contribution in [1.82, 2.24) is 9.55 Å². The van der Waals surface area contributed by atoms with Gasteiger partial charge in [0.15, 0.2) is 0 Å². The number of aliphatic hydroxyl groups is 1. The van der Waals surface area contributed by atoms with Crippen molar-refractivity contribution in [3.8, 4) is 0 Å². The highest BCUT2D eigenvalue weighted by Crippen LogP contribution is 2.69. The summed E-state index contributed by atoms with van der Waals surface area (Å²) in [5.41, 5.74) is 2.24. The van der Waals surface area contributed by atoms with Gasteiger partial charge in [0.2, 0.25) is 0 Å². The Morgan fingerprint density at radius 3 is 2.61 bits per heavy atom. The third-order valence-electron chi connectivity index (χ3n) is 12.2. The Hall–Kier alpha value is -1.09. The Balaban J connectivity index is 1.41. The summed E-state index contributed by atoms with van der Waals surface area (Å²) in [4.78, 5) is 4.38. The second-order valence-electron chi connectivity index (χ2n) is 14.2. The van der Waals surface area contributed by atoms with E-state index >= 15 is 0 Å². The van der Waals surface area contributed by atoms with Crippen LogP contribution >= 0.6 is 0 Å². The fourth-order valence-corrected chi connectivity index (χ4v) is 10.4. The minimum absolute atomic E-state index is 0.164. The fourth-order valence-electron chi connectivity index (χ4n) is 10.4. The predicted molar refractivity (Wildman–Crippen MR) is 149 cm³/mol. The average molecular weight is 494 g/mol. The lowest BCUT2D eigenvalue weighted by Crippen LogP contribution is -2.55. The van der Waals surface area contributed by atoms with Crippen LogP contribution in [0.1, 0.15) is 111 Å². The zero-order valence-electron chi connectivity index (χ0n) is 23.8. The summed E-state index contributed by atoms with van der Waals surface area (Å²) in [6.07, 6.45) is 22.1. The molecular weight excluding hydrogens is 440 g/mol. The Bertz CT molecular complexity index is 905. The third kappa shape index (κ3) is 4.34. The number of nitrogens with zero attached hydrogens (tertiary/aromatic N) is 2. The first-order valence-corrected chi connectivity index (χ1v) is 15.3. The van der Waals surface area contributed by atoms with Crippen LogP contribution in [0.25, 0.3) is 0 Å². The lowest BCUT2D eigenvalue weighted by Gasteiger charge is -2.61. The number of rotatable bonds is 8. The normalized spacial score (nSPS) is 41.8. The summed E-state index contributed by atoms with van der Waals surface area (Å²) in [6, 6.07) is 0.306. The monoisotopic (exact) mass is 493 g/mol. The van der Waals surface area contributed by atoms with Crippen LogP contribution in [0, 0.1) is 59.2 Å². The van der Waals surface area contributed by atoms with Crippen molar-refractivity contribution in [3.05, 3.63) is 37.3 Å². The molecule has 2 unspecified atom stereocenters. The number of fused-ring (bicyclic) bond motifs is 5. The maximum atomic E-state index is 11.0. The van der Waals surface area contributed by atoms with Gasteiger partial charge in [-0.3, -0.25) is 0 Å². The third-order valence-corrected chi connectivity index (χ3v) is 12.2. The summed E-state index contributed by atoms with van der Waals surface area (Å²) in [5, 5.41) is 11.0. The Kier molecular flexibility index (Phi) is 7.54. The van der Waals surface area contributed by atoms with Crippen molar-refractivity contribution in [1.29, 1.82) is 0 Å². The van der Waals surface area contributed by atoms with Gasteiger partial charge in [-0.05, 0) is 104 Å². The van der Waals surface area contributed by atoms with Crippen molar-refractivity contribution < 1.29 is 5.11 Å². The molecule has 0 aromatic carbocycles. The first kappa shape index (κ1) is 26.5. The topological polar surface area (TPSA) is 38.0 Å². The van der Waals surface area contributed by atoms with Crippen molar-refractivity contribution in [2.24, 2.45) is 52.3 Å². The van der Waals surface area contributed by atoms with Crippen molar-refractivity contribution >= 4 is 0 Å². The molecule has 0 spiro atoms. The van der Waals surface area contributed by atoms with Crippen LogP contribution < -0.4 is 0 Å². The van der Waals surface area contributed by atoms with E-state index in [4.69, 9.17) is 0 Å². The van der Waals surface area contributed by atoms with Crippen LogP contribution in [-0.2, 0) is 0 Å². The van der Waals surface area contributed by atoms with Gasteiger partial charge in [0.1, 0.15) is 0 Å². The van der Waals surface area contributed by atoms with E-state index in [1.807, 2.05) is 12.5 Å². The number of allylic oxidation sites excluding steroid dienone is 1. The molecule has 0 bridgehead atoms. The van der Waals surface area contributed by atoms with Crippen molar-refractivity contribution in [2.45, 2.75) is 117 Å². The molecule has 1 aromatic heterocycles. The Labute approximate surface area is 221 Å². The van der Waals surface area contributed by atoms with Gasteiger partial charge >= 0.3 is 0 Å². The van der Waals surface area contributed by atoms with Gasteiger partial charge in [-0.25, -0.2) is 4.98 Å². The van der Waals surface area contributed by atoms with E-state index in [1.165, 1.54) is 51.4 Å². The maximum Gasteiger partial charge on any atom is 0.0948 e. The van der Waals surface area contributed by atoms with Crippen LogP contribution in [0.3, 0.4) is 0 Å². The van der Waals surface area contributed by atoms with E-state index in [-0.39, 0.29) is 11.5 Å². The Morgan fingerprint density at radius 1 is 1.11 bits per heavy atom. The highest BCUT2D eigenvalue weighted by Gasteiger charge is 2.61. The lowest BCUT2D eigenvalue weighted by atomic mass is 9.44. The van der Waals surface area contributed by atoms with Crippen molar-refractivity contribution in [2.75, 3.05) is 0 Å². The van der Waals surface area contributed by atoms with Gasteiger partial charge in [-0.2, -0.15) is 0 Å². The second-order valence-corrected chi connectivity index (χ2v) is 14.2. The molecule has 3 saturated carbocycles. The summed E-state index contributed by atoms with van der Waals surface area (Å²) in [7, 11) is 0. The molecule has 0 amide bonds. The van der Waals surface area contributed by atoms with Crippen molar-refractivity contribution in [3.63, 3.8) is 0 Å². The highest BCUT2D eigenvalue weighted by molar-refractivity contribution is 5.28. The van der Waals surface area contributed by atoms with Gasteiger partial charge in [-0.15, -0.1) is 0 Å². The summed E-state index contributed by atoms with van der Waals surface area (Å²) in [5.74, 6) is 5.41. The maximum absolute atomic E-state index is 11.0. The predicted octanol–water partition coefficient (Wildman–Crippen LogP) is 8.28. The smallest absolute Gasteiger partial charge is 0.0948 e. The molecule has 0 saturated heterocycles. The van der Waals surface area contributed by atoms with E-state index < -0.39 is 0 Å². The average Bonchev–Trinajstić information content (AvgIpc) is 3.48. The van der Waals surface area contributed by atoms with Crippen LogP contribution in [0.15, 0.2) is 30.4 Å². The molecule has 4 aliphatic carbocycles. The van der Waals surface area contributed by atoms with Crippen LogP contribution in [0.5, 0.6) is 0 Å². The standard InChI is InChI=1S/C33H53N2O/c1-7-31(35-18-17-34-21-35)30-20-25(36)19-24-11-12-26-28-14-13-27(23(4)10-8-9-22(2)3)32(28,5)16-15-29(26)33(24,30)6/h11,17-18,21-23,25-31,36H,1,7-10,12-16,19-20H2,2-6H3/t23-,25-,26+,27-,28+,29+,30?,31?,32-,33+/m1/s1. The highest BCUT2D eigenvalue weighted by atomic mass is 16.3. The molecule has 36 heavy (non-hydrogen) atoms. The number of imidazole rings is 1. The lowest BCUT2D eigenvalue weighted by molar-refractivity contribution is -0.0892. The molecule has 3 heteroatoms. The first-order chi connectivity index (χ1) is 17.2. The van der Waals surface area contributed by atoms with Gasteiger partial charge in [0.05, 0.1) is 12.4 Å². The van der Waals surface area contributed by atoms with Gasteiger partial charge in [0.25, 0.3) is 0 Å². The summed E-state index contributed by atoms with van der Waals surface area (Å²) in [6.45, 7) is 17.0. The van der Waals surface area contributed by atoms with E-state index in [9.17, 15) is 5.11 Å². The van der Waals surface area contributed by atoms with Crippen LogP contribution in [-0.4, -0.2) is 20.8 Å². The molecule has 4 aliphatic rings. The first-order valence-electron chi connectivity index (χ1n) is 15.3. The number of hydrogen-bond donors (Lipinski definition) is 1. The minimum Gasteiger partial charge on any atom is -0.393 e. The number of hydrogen-bond acceptors (Lipinski definition) is 2. The minimum atomic E-state index is -0.222.